The third-order valence-electron chi connectivity index (χ3n) is 3.22. The number of nitrogens with one attached hydrogen (secondary N) is 1. The summed E-state index contributed by atoms with van der Waals surface area (Å²) in [4.78, 5) is 11.9. The lowest BCUT2D eigenvalue weighted by molar-refractivity contribution is 0.181. The van der Waals surface area contributed by atoms with Crippen LogP contribution in [0.15, 0.2) is 36.8 Å². The van der Waals surface area contributed by atoms with Crippen LogP contribution in [0.1, 0.15) is 11.3 Å². The topological polar surface area (TPSA) is 50.8 Å². The molecular formula is C15H15N3O. The molecule has 0 unspecified atom stereocenters. The Bertz CT molecular complexity index is 718. The molecule has 0 saturated carbocycles. The molecule has 96 valence electrons. The van der Waals surface area contributed by atoms with E-state index >= 15 is 0 Å². The molecule has 0 saturated heterocycles. The van der Waals surface area contributed by atoms with Crippen LogP contribution >= 0.6 is 0 Å². The van der Waals surface area contributed by atoms with Crippen LogP contribution in [0.2, 0.25) is 0 Å². The lowest BCUT2D eigenvalue weighted by atomic mass is 10.1. The van der Waals surface area contributed by atoms with Crippen LogP contribution in [0.4, 0.5) is 0 Å². The van der Waals surface area contributed by atoms with Gasteiger partial charge in [-0.2, -0.15) is 0 Å². The molecule has 0 aliphatic carbocycles. The first kappa shape index (κ1) is 11.9. The van der Waals surface area contributed by atoms with E-state index in [1.54, 1.807) is 13.4 Å². The number of hydrogen-bond donors (Lipinski definition) is 1. The summed E-state index contributed by atoms with van der Waals surface area (Å²) in [7, 11) is 1.66. The van der Waals surface area contributed by atoms with Gasteiger partial charge in [0, 0.05) is 29.8 Å². The zero-order valence-electron chi connectivity index (χ0n) is 11.0. The van der Waals surface area contributed by atoms with Gasteiger partial charge < -0.3 is 9.72 Å². The Labute approximate surface area is 111 Å². The monoisotopic (exact) mass is 253 g/mol. The van der Waals surface area contributed by atoms with E-state index < -0.39 is 0 Å². The fourth-order valence-corrected chi connectivity index (χ4v) is 2.29. The van der Waals surface area contributed by atoms with Gasteiger partial charge in [-0.3, -0.25) is 0 Å². The Kier molecular flexibility index (Phi) is 3.01. The number of methoxy groups -OCH3 is 1. The third kappa shape index (κ3) is 2.11. The van der Waals surface area contributed by atoms with Crippen molar-refractivity contribution in [2.45, 2.75) is 13.5 Å². The molecule has 3 aromatic rings. The van der Waals surface area contributed by atoms with Crippen LogP contribution in [0.5, 0.6) is 0 Å². The number of H-pyrrole nitrogens is 1. The minimum absolute atomic E-state index is 0.497. The quantitative estimate of drug-likeness (QED) is 0.780. The van der Waals surface area contributed by atoms with E-state index in [9.17, 15) is 0 Å². The van der Waals surface area contributed by atoms with Crippen LogP contribution in [0, 0.1) is 6.92 Å². The molecule has 0 aliphatic rings. The van der Waals surface area contributed by atoms with Crippen molar-refractivity contribution >= 4 is 10.9 Å². The summed E-state index contributed by atoms with van der Waals surface area (Å²) in [6.07, 6.45) is 3.58. The second-order valence-electron chi connectivity index (χ2n) is 4.53. The smallest absolute Gasteiger partial charge is 0.116 e. The predicted octanol–water partition coefficient (Wildman–Crippen LogP) is 3.08. The van der Waals surface area contributed by atoms with Crippen molar-refractivity contribution < 1.29 is 4.74 Å². The normalized spacial score (nSPS) is 11.1. The average molecular weight is 253 g/mol. The van der Waals surface area contributed by atoms with Gasteiger partial charge in [-0.25, -0.2) is 9.97 Å². The van der Waals surface area contributed by atoms with Crippen LogP contribution in [0.3, 0.4) is 0 Å². The molecule has 0 atom stereocenters. The van der Waals surface area contributed by atoms with Crippen molar-refractivity contribution in [1.29, 1.82) is 0 Å². The summed E-state index contributed by atoms with van der Waals surface area (Å²) in [6, 6.07) is 8.23. The molecule has 0 spiro atoms. The van der Waals surface area contributed by atoms with E-state index in [-0.39, 0.29) is 0 Å². The van der Waals surface area contributed by atoms with Gasteiger partial charge in [-0.05, 0) is 18.6 Å². The summed E-state index contributed by atoms with van der Waals surface area (Å²) in [6.45, 7) is 2.59. The molecule has 1 aromatic carbocycles. The number of nitrogens with zero attached hydrogens (tertiary/aromatic N) is 2. The number of fused-ring (bicyclic) bond motifs is 1. The minimum Gasteiger partial charge on any atom is -0.378 e. The van der Waals surface area contributed by atoms with Crippen LogP contribution < -0.4 is 0 Å². The van der Waals surface area contributed by atoms with Crippen LogP contribution in [0.25, 0.3) is 22.2 Å². The molecule has 3 rings (SSSR count). The van der Waals surface area contributed by atoms with Crippen molar-refractivity contribution in [2.24, 2.45) is 0 Å². The Morgan fingerprint density at radius 2 is 2.16 bits per heavy atom. The minimum atomic E-state index is 0.497. The third-order valence-corrected chi connectivity index (χ3v) is 3.22. The maximum atomic E-state index is 5.11. The van der Waals surface area contributed by atoms with Crippen molar-refractivity contribution in [3.63, 3.8) is 0 Å². The molecule has 0 fully saturated rings. The highest BCUT2D eigenvalue weighted by molar-refractivity contribution is 5.96. The van der Waals surface area contributed by atoms with E-state index in [4.69, 9.17) is 4.74 Å². The van der Waals surface area contributed by atoms with E-state index in [1.807, 2.05) is 12.3 Å². The molecular weight excluding hydrogens is 238 g/mol. The maximum Gasteiger partial charge on any atom is 0.116 e. The van der Waals surface area contributed by atoms with E-state index in [2.05, 4.69) is 40.1 Å². The lowest BCUT2D eigenvalue weighted by Crippen LogP contribution is -1.94. The fourth-order valence-electron chi connectivity index (χ4n) is 2.29. The first-order chi connectivity index (χ1) is 9.29. The summed E-state index contributed by atoms with van der Waals surface area (Å²) < 4.78 is 5.11. The zero-order valence-corrected chi connectivity index (χ0v) is 11.0. The zero-order chi connectivity index (χ0) is 13.2. The molecule has 4 nitrogen and oxygen atoms in total. The van der Waals surface area contributed by atoms with Gasteiger partial charge >= 0.3 is 0 Å². The highest BCUT2D eigenvalue weighted by Crippen LogP contribution is 2.28. The number of ether oxygens (including phenoxy) is 1. The van der Waals surface area contributed by atoms with E-state index in [1.165, 1.54) is 10.9 Å². The first-order valence-corrected chi connectivity index (χ1v) is 6.16. The van der Waals surface area contributed by atoms with Crippen molar-refractivity contribution in [2.75, 3.05) is 7.11 Å². The van der Waals surface area contributed by atoms with E-state index in [0.717, 1.165) is 22.5 Å². The van der Waals surface area contributed by atoms with Crippen molar-refractivity contribution in [3.8, 4) is 11.3 Å². The highest BCUT2D eigenvalue weighted by atomic mass is 16.5. The van der Waals surface area contributed by atoms with Gasteiger partial charge in [0.15, 0.2) is 0 Å². The van der Waals surface area contributed by atoms with Gasteiger partial charge in [0.25, 0.3) is 0 Å². The second kappa shape index (κ2) is 4.82. The first-order valence-electron chi connectivity index (χ1n) is 6.16. The number of hydrogen-bond acceptors (Lipinski definition) is 3. The van der Waals surface area contributed by atoms with Gasteiger partial charge in [0.05, 0.1) is 18.0 Å². The van der Waals surface area contributed by atoms with Crippen molar-refractivity contribution in [1.82, 2.24) is 15.0 Å². The number of benzene rings is 1. The Hall–Kier alpha value is -2.20. The number of aryl methyl sites for hydroxylation is 1. The van der Waals surface area contributed by atoms with Gasteiger partial charge in [0.2, 0.25) is 0 Å². The second-order valence-corrected chi connectivity index (χ2v) is 4.53. The maximum absolute atomic E-state index is 5.11. The van der Waals surface area contributed by atoms with Crippen LogP contribution in [-0.2, 0) is 11.3 Å². The molecule has 19 heavy (non-hydrogen) atoms. The Morgan fingerprint density at radius 3 is 3.00 bits per heavy atom. The summed E-state index contributed by atoms with van der Waals surface area (Å²) in [5, 5.41) is 1.18. The molecule has 0 amide bonds. The Morgan fingerprint density at radius 1 is 1.26 bits per heavy atom. The molecule has 0 aliphatic heterocycles. The summed E-state index contributed by atoms with van der Waals surface area (Å²) in [5.74, 6) is 0. The van der Waals surface area contributed by atoms with Crippen molar-refractivity contribution in [3.05, 3.63) is 48.0 Å². The van der Waals surface area contributed by atoms with E-state index in [0.29, 0.717) is 6.61 Å². The van der Waals surface area contributed by atoms with Gasteiger partial charge in [-0.1, -0.05) is 18.2 Å². The largest absolute Gasteiger partial charge is 0.378 e. The highest BCUT2D eigenvalue weighted by Gasteiger charge is 2.09. The molecule has 2 aromatic heterocycles. The number of aromatic nitrogens is 3. The van der Waals surface area contributed by atoms with Crippen LogP contribution in [-0.4, -0.2) is 22.1 Å². The summed E-state index contributed by atoms with van der Waals surface area (Å²) >= 11 is 0. The molecule has 1 N–H and O–H groups in total. The number of rotatable bonds is 3. The SMILES string of the molecule is COCc1cc(-c2c[nH]c3c(C)cccc23)ncn1. The molecule has 0 bridgehead atoms. The summed E-state index contributed by atoms with van der Waals surface area (Å²) in [5.41, 5.74) is 5.28. The van der Waals surface area contributed by atoms with Gasteiger partial charge in [0.1, 0.15) is 6.33 Å². The standard InChI is InChI=1S/C15H15N3O/c1-10-4-3-5-12-13(7-16-15(10)12)14-6-11(8-19-2)17-9-18-14/h3-7,9,16H,8H2,1-2H3. The van der Waals surface area contributed by atoms with Gasteiger partial charge in [-0.15, -0.1) is 0 Å². The number of aromatic amines is 1. The predicted molar refractivity (Wildman–Crippen MR) is 74.8 cm³/mol. The molecule has 4 heteroatoms. The fraction of sp³-hybridized carbons (Fsp3) is 0.200. The lowest BCUT2D eigenvalue weighted by Gasteiger charge is -2.02. The molecule has 0 radical (unpaired) electrons. The molecule has 2 heterocycles. The Balaban J connectivity index is 2.14. The average Bonchev–Trinajstić information content (AvgIpc) is 2.85. The number of para-hydroxylation sites is 1.